The van der Waals surface area contributed by atoms with Crippen molar-refractivity contribution >= 4 is 51.6 Å². The van der Waals surface area contributed by atoms with Crippen LogP contribution in [-0.4, -0.2) is 47.2 Å². The highest BCUT2D eigenvalue weighted by Gasteiger charge is 2.29. The van der Waals surface area contributed by atoms with Gasteiger partial charge in [0.2, 0.25) is 0 Å². The van der Waals surface area contributed by atoms with Gasteiger partial charge in [0.1, 0.15) is 5.00 Å². The first kappa shape index (κ1) is 17.2. The summed E-state index contributed by atoms with van der Waals surface area (Å²) in [6.45, 7) is 0. The van der Waals surface area contributed by atoms with E-state index < -0.39 is 17.3 Å². The Balaban J connectivity index is 1.67. The quantitative estimate of drug-likeness (QED) is 0.756. The number of aromatic nitrogens is 1. The SMILES string of the molecule is CN(C)C(=O)NC(=O)c1ccsc1NC(=O)C1Nc2cnccc2S1. The number of thioether (sulfide) groups is 1. The van der Waals surface area contributed by atoms with Gasteiger partial charge in [0, 0.05) is 25.2 Å². The second kappa shape index (κ2) is 7.11. The van der Waals surface area contributed by atoms with E-state index in [1.807, 2.05) is 6.07 Å². The Morgan fingerprint density at radius 2 is 2.08 bits per heavy atom. The number of imide groups is 1. The number of carbonyl (C=O) groups excluding carboxylic acids is 3. The van der Waals surface area contributed by atoms with Crippen LogP contribution in [0.25, 0.3) is 0 Å². The Kier molecular flexibility index (Phi) is 4.91. The van der Waals surface area contributed by atoms with Crippen LogP contribution in [0.3, 0.4) is 0 Å². The van der Waals surface area contributed by atoms with Crippen LogP contribution in [0.4, 0.5) is 15.5 Å². The molecular weight excluding hydrogens is 362 g/mol. The van der Waals surface area contributed by atoms with Crippen LogP contribution in [-0.2, 0) is 4.79 Å². The van der Waals surface area contributed by atoms with Gasteiger partial charge in [-0.05, 0) is 17.5 Å². The van der Waals surface area contributed by atoms with Crippen LogP contribution in [0.1, 0.15) is 10.4 Å². The molecule has 0 aromatic carbocycles. The van der Waals surface area contributed by atoms with Gasteiger partial charge in [-0.15, -0.1) is 11.3 Å². The highest BCUT2D eigenvalue weighted by molar-refractivity contribution is 8.01. The number of thiophene rings is 1. The van der Waals surface area contributed by atoms with Crippen LogP contribution in [0.5, 0.6) is 0 Å². The Morgan fingerprint density at radius 3 is 2.80 bits per heavy atom. The third-order valence-electron chi connectivity index (χ3n) is 3.32. The number of pyridine rings is 1. The summed E-state index contributed by atoms with van der Waals surface area (Å²) in [7, 11) is 3.07. The Labute approximate surface area is 152 Å². The first-order valence-electron chi connectivity index (χ1n) is 7.24. The first-order valence-corrected chi connectivity index (χ1v) is 9.00. The van der Waals surface area contributed by atoms with Crippen molar-refractivity contribution in [3.8, 4) is 0 Å². The molecule has 1 unspecified atom stereocenters. The molecule has 1 aliphatic heterocycles. The van der Waals surface area contributed by atoms with Crippen molar-refractivity contribution in [3.63, 3.8) is 0 Å². The van der Waals surface area contributed by atoms with E-state index in [2.05, 4.69) is 20.9 Å². The predicted octanol–water partition coefficient (Wildman–Crippen LogP) is 2.04. The molecule has 2 aromatic heterocycles. The number of anilines is 2. The fourth-order valence-corrected chi connectivity index (χ4v) is 3.82. The summed E-state index contributed by atoms with van der Waals surface area (Å²) >= 11 is 2.59. The zero-order chi connectivity index (χ0) is 18.0. The molecule has 0 bridgehead atoms. The van der Waals surface area contributed by atoms with E-state index in [1.54, 1.807) is 23.8 Å². The molecule has 10 heteroatoms. The summed E-state index contributed by atoms with van der Waals surface area (Å²) in [4.78, 5) is 42.5. The minimum absolute atomic E-state index is 0.246. The largest absolute Gasteiger partial charge is 0.363 e. The number of urea groups is 1. The van der Waals surface area contributed by atoms with Crippen LogP contribution in [0, 0.1) is 0 Å². The van der Waals surface area contributed by atoms with Gasteiger partial charge in [0.25, 0.3) is 11.8 Å². The molecule has 3 heterocycles. The molecule has 0 fully saturated rings. The molecule has 0 aliphatic carbocycles. The second-order valence-electron chi connectivity index (χ2n) is 5.32. The van der Waals surface area contributed by atoms with Gasteiger partial charge in [-0.1, -0.05) is 11.8 Å². The van der Waals surface area contributed by atoms with Gasteiger partial charge in [-0.2, -0.15) is 0 Å². The molecule has 1 atom stereocenters. The minimum Gasteiger partial charge on any atom is -0.363 e. The maximum Gasteiger partial charge on any atom is 0.323 e. The lowest BCUT2D eigenvalue weighted by Crippen LogP contribution is -2.39. The highest BCUT2D eigenvalue weighted by atomic mass is 32.2. The van der Waals surface area contributed by atoms with Gasteiger partial charge >= 0.3 is 6.03 Å². The zero-order valence-electron chi connectivity index (χ0n) is 13.4. The number of fused-ring (bicyclic) bond motifs is 1. The van der Waals surface area contributed by atoms with Crippen LogP contribution >= 0.6 is 23.1 Å². The van der Waals surface area contributed by atoms with Crippen molar-refractivity contribution in [1.29, 1.82) is 0 Å². The lowest BCUT2D eigenvalue weighted by atomic mass is 10.3. The molecule has 3 N–H and O–H groups in total. The fraction of sp³-hybridized carbons (Fsp3) is 0.200. The molecule has 0 saturated heterocycles. The molecule has 25 heavy (non-hydrogen) atoms. The smallest absolute Gasteiger partial charge is 0.323 e. The maximum absolute atomic E-state index is 12.5. The van der Waals surface area contributed by atoms with Crippen LogP contribution in [0.2, 0.25) is 0 Å². The fourth-order valence-electron chi connectivity index (χ4n) is 2.05. The number of nitrogens with one attached hydrogen (secondary N) is 3. The van der Waals surface area contributed by atoms with E-state index in [9.17, 15) is 14.4 Å². The number of carbonyl (C=O) groups is 3. The van der Waals surface area contributed by atoms with Gasteiger partial charge in [0.05, 0.1) is 17.4 Å². The van der Waals surface area contributed by atoms with E-state index in [0.717, 1.165) is 10.6 Å². The van der Waals surface area contributed by atoms with Gasteiger partial charge in [-0.25, -0.2) is 4.79 Å². The number of hydrogen-bond donors (Lipinski definition) is 3. The number of hydrogen-bond acceptors (Lipinski definition) is 7. The summed E-state index contributed by atoms with van der Waals surface area (Å²) < 4.78 is 0. The summed E-state index contributed by atoms with van der Waals surface area (Å²) in [6.07, 6.45) is 3.32. The number of amides is 4. The molecule has 2 aromatic rings. The first-order chi connectivity index (χ1) is 12.0. The molecular formula is C15H15N5O3S2. The standard InChI is InChI=1S/C15H15N5O3S2/c1-20(2)15(23)19-11(21)8-4-6-24-13(8)18-12(22)14-17-9-7-16-5-3-10(9)25-14/h3-7,14,17H,1-2H3,(H,18,22)(H,19,21,23). The summed E-state index contributed by atoms with van der Waals surface area (Å²) in [6, 6.07) is 2.87. The van der Waals surface area contributed by atoms with Crippen molar-refractivity contribution in [2.45, 2.75) is 10.3 Å². The zero-order valence-corrected chi connectivity index (χ0v) is 15.0. The summed E-state index contributed by atoms with van der Waals surface area (Å²) in [5.74, 6) is -0.841. The average molecular weight is 377 g/mol. The number of rotatable bonds is 3. The second-order valence-corrected chi connectivity index (χ2v) is 7.38. The third kappa shape index (κ3) is 3.74. The Hall–Kier alpha value is -2.59. The Morgan fingerprint density at radius 1 is 1.28 bits per heavy atom. The summed E-state index contributed by atoms with van der Waals surface area (Å²) in [5.41, 5.74) is 1.05. The molecule has 0 spiro atoms. The molecule has 0 radical (unpaired) electrons. The maximum atomic E-state index is 12.5. The molecule has 3 rings (SSSR count). The number of nitrogens with zero attached hydrogens (tertiary/aromatic N) is 2. The summed E-state index contributed by atoms with van der Waals surface area (Å²) in [5, 5.41) is 9.63. The van der Waals surface area contributed by atoms with Crippen molar-refractivity contribution < 1.29 is 14.4 Å². The average Bonchev–Trinajstić information content (AvgIpc) is 3.20. The Bertz CT molecular complexity index is 811. The van der Waals surface area contributed by atoms with Gasteiger partial charge < -0.3 is 15.5 Å². The van der Waals surface area contributed by atoms with E-state index in [0.29, 0.717) is 5.00 Å². The highest BCUT2D eigenvalue weighted by Crippen LogP contribution is 2.38. The van der Waals surface area contributed by atoms with Crippen LogP contribution in [0.15, 0.2) is 34.8 Å². The minimum atomic E-state index is -0.560. The molecule has 130 valence electrons. The lowest BCUT2D eigenvalue weighted by Gasteiger charge is -2.13. The van der Waals surface area contributed by atoms with Crippen molar-refractivity contribution in [1.82, 2.24) is 15.2 Å². The normalized spacial score (nSPS) is 15.0. The molecule has 0 saturated carbocycles. The van der Waals surface area contributed by atoms with Gasteiger partial charge in [-0.3, -0.25) is 19.9 Å². The third-order valence-corrected chi connectivity index (χ3v) is 5.33. The molecule has 1 aliphatic rings. The van der Waals surface area contributed by atoms with E-state index in [4.69, 9.17) is 0 Å². The lowest BCUT2D eigenvalue weighted by molar-refractivity contribution is -0.115. The van der Waals surface area contributed by atoms with Crippen molar-refractivity contribution in [3.05, 3.63) is 35.5 Å². The topological polar surface area (TPSA) is 103 Å². The molecule has 8 nitrogen and oxygen atoms in total. The van der Waals surface area contributed by atoms with Crippen molar-refractivity contribution in [2.75, 3.05) is 24.7 Å². The van der Waals surface area contributed by atoms with E-state index in [-0.39, 0.29) is 11.5 Å². The predicted molar refractivity (Wildman–Crippen MR) is 97.0 cm³/mol. The van der Waals surface area contributed by atoms with Crippen molar-refractivity contribution in [2.24, 2.45) is 0 Å². The molecule has 4 amide bonds. The van der Waals surface area contributed by atoms with E-state index in [1.165, 1.54) is 42.1 Å². The van der Waals surface area contributed by atoms with Gasteiger partial charge in [0.15, 0.2) is 5.37 Å². The van der Waals surface area contributed by atoms with Crippen LogP contribution < -0.4 is 16.0 Å². The monoisotopic (exact) mass is 377 g/mol. The van der Waals surface area contributed by atoms with E-state index >= 15 is 0 Å².